The molecule has 0 spiro atoms. The molecule has 2 aromatic rings. The molecule has 0 bridgehead atoms. The standard InChI is InChI=1S/C11H14BrN3OS/c12-9-6-5-8(17-9)11-14-10(16-15-11)4-2-1-3-7-13/h5-6H,1-4,7,13H2. The summed E-state index contributed by atoms with van der Waals surface area (Å²) in [4.78, 5) is 5.39. The predicted molar refractivity (Wildman–Crippen MR) is 71.9 cm³/mol. The summed E-state index contributed by atoms with van der Waals surface area (Å²) in [7, 11) is 0. The van der Waals surface area contributed by atoms with Gasteiger partial charge < -0.3 is 10.3 Å². The van der Waals surface area contributed by atoms with Gasteiger partial charge in [-0.15, -0.1) is 11.3 Å². The molecule has 0 aliphatic heterocycles. The zero-order valence-corrected chi connectivity index (χ0v) is 11.8. The van der Waals surface area contributed by atoms with Gasteiger partial charge in [-0.1, -0.05) is 11.6 Å². The Kier molecular flexibility index (Phi) is 4.70. The maximum Gasteiger partial charge on any atom is 0.226 e. The summed E-state index contributed by atoms with van der Waals surface area (Å²) in [5.41, 5.74) is 5.44. The van der Waals surface area contributed by atoms with Crippen molar-refractivity contribution in [2.45, 2.75) is 25.7 Å². The number of rotatable bonds is 6. The molecule has 2 heterocycles. The fraction of sp³-hybridized carbons (Fsp3) is 0.455. The molecule has 0 saturated heterocycles. The van der Waals surface area contributed by atoms with Crippen LogP contribution in [-0.2, 0) is 6.42 Å². The summed E-state index contributed by atoms with van der Waals surface area (Å²) in [5, 5.41) is 3.98. The second kappa shape index (κ2) is 6.28. The van der Waals surface area contributed by atoms with E-state index in [4.69, 9.17) is 10.3 Å². The number of hydrogen-bond donors (Lipinski definition) is 1. The smallest absolute Gasteiger partial charge is 0.226 e. The van der Waals surface area contributed by atoms with Gasteiger partial charge in [0.15, 0.2) is 0 Å². The largest absolute Gasteiger partial charge is 0.339 e. The maximum absolute atomic E-state index is 5.44. The lowest BCUT2D eigenvalue weighted by Crippen LogP contribution is -1.98. The highest BCUT2D eigenvalue weighted by atomic mass is 79.9. The molecule has 0 aliphatic carbocycles. The number of hydrogen-bond acceptors (Lipinski definition) is 5. The molecule has 0 saturated carbocycles. The molecule has 6 heteroatoms. The molecule has 92 valence electrons. The highest BCUT2D eigenvalue weighted by Crippen LogP contribution is 2.29. The lowest BCUT2D eigenvalue weighted by atomic mass is 10.2. The summed E-state index contributed by atoms with van der Waals surface area (Å²) in [5.74, 6) is 1.39. The Morgan fingerprint density at radius 1 is 1.29 bits per heavy atom. The van der Waals surface area contributed by atoms with E-state index in [0.29, 0.717) is 11.7 Å². The van der Waals surface area contributed by atoms with Crippen molar-refractivity contribution in [1.82, 2.24) is 10.1 Å². The molecule has 0 aromatic carbocycles. The van der Waals surface area contributed by atoms with Crippen LogP contribution < -0.4 is 5.73 Å². The van der Waals surface area contributed by atoms with Gasteiger partial charge in [0.05, 0.1) is 8.66 Å². The Morgan fingerprint density at radius 3 is 2.88 bits per heavy atom. The molecular weight excluding hydrogens is 302 g/mol. The topological polar surface area (TPSA) is 64.9 Å². The monoisotopic (exact) mass is 315 g/mol. The number of aromatic nitrogens is 2. The van der Waals surface area contributed by atoms with E-state index in [1.165, 1.54) is 0 Å². The van der Waals surface area contributed by atoms with Crippen molar-refractivity contribution in [3.8, 4) is 10.7 Å². The Balaban J connectivity index is 1.92. The van der Waals surface area contributed by atoms with Crippen molar-refractivity contribution >= 4 is 27.3 Å². The van der Waals surface area contributed by atoms with Crippen LogP contribution in [0.25, 0.3) is 10.7 Å². The SMILES string of the molecule is NCCCCCc1nc(-c2ccc(Br)s2)no1. The van der Waals surface area contributed by atoms with E-state index >= 15 is 0 Å². The summed E-state index contributed by atoms with van der Waals surface area (Å²) in [6.45, 7) is 0.748. The van der Waals surface area contributed by atoms with Crippen molar-refractivity contribution in [2.24, 2.45) is 5.73 Å². The second-order valence-corrected chi connectivity index (χ2v) is 6.18. The Morgan fingerprint density at radius 2 is 2.18 bits per heavy atom. The molecule has 2 N–H and O–H groups in total. The van der Waals surface area contributed by atoms with E-state index < -0.39 is 0 Å². The molecule has 2 rings (SSSR count). The number of nitrogens with zero attached hydrogens (tertiary/aromatic N) is 2. The normalized spacial score (nSPS) is 10.9. The molecule has 4 nitrogen and oxygen atoms in total. The van der Waals surface area contributed by atoms with Crippen LogP contribution in [0.4, 0.5) is 0 Å². The van der Waals surface area contributed by atoms with Crippen LogP contribution in [0.3, 0.4) is 0 Å². The highest BCUT2D eigenvalue weighted by molar-refractivity contribution is 9.11. The molecule has 0 radical (unpaired) electrons. The number of halogens is 1. The van der Waals surface area contributed by atoms with Gasteiger partial charge in [0.25, 0.3) is 0 Å². The summed E-state index contributed by atoms with van der Waals surface area (Å²) >= 11 is 5.02. The average molecular weight is 316 g/mol. The third kappa shape index (κ3) is 3.62. The van der Waals surface area contributed by atoms with Gasteiger partial charge in [-0.3, -0.25) is 0 Å². The van der Waals surface area contributed by atoms with Gasteiger partial charge in [0, 0.05) is 6.42 Å². The first-order chi connectivity index (χ1) is 8.29. The predicted octanol–water partition coefficient (Wildman–Crippen LogP) is 3.23. The zero-order valence-electron chi connectivity index (χ0n) is 9.36. The first kappa shape index (κ1) is 12.7. The number of aryl methyl sites for hydroxylation is 1. The quantitative estimate of drug-likeness (QED) is 0.831. The molecule has 0 fully saturated rings. The van der Waals surface area contributed by atoms with E-state index in [9.17, 15) is 0 Å². The van der Waals surface area contributed by atoms with E-state index in [1.54, 1.807) is 11.3 Å². The van der Waals surface area contributed by atoms with Gasteiger partial charge in [-0.25, -0.2) is 0 Å². The Hall–Kier alpha value is -0.720. The van der Waals surface area contributed by atoms with Gasteiger partial charge in [-0.05, 0) is 47.4 Å². The minimum Gasteiger partial charge on any atom is -0.339 e. The Bertz CT molecular complexity index is 469. The molecule has 2 aromatic heterocycles. The van der Waals surface area contributed by atoms with Gasteiger partial charge in [-0.2, -0.15) is 4.98 Å². The van der Waals surface area contributed by atoms with Crippen LogP contribution in [0, 0.1) is 0 Å². The first-order valence-electron chi connectivity index (χ1n) is 5.58. The Labute approximate surface area is 112 Å². The lowest BCUT2D eigenvalue weighted by Gasteiger charge is -1.93. The molecule has 0 atom stereocenters. The molecule has 17 heavy (non-hydrogen) atoms. The third-order valence-corrected chi connectivity index (χ3v) is 3.98. The maximum atomic E-state index is 5.44. The van der Waals surface area contributed by atoms with Crippen molar-refractivity contribution in [3.63, 3.8) is 0 Å². The van der Waals surface area contributed by atoms with Crippen molar-refractivity contribution < 1.29 is 4.52 Å². The van der Waals surface area contributed by atoms with Crippen molar-refractivity contribution in [3.05, 3.63) is 21.8 Å². The summed E-state index contributed by atoms with van der Waals surface area (Å²) < 4.78 is 6.28. The molecular formula is C11H14BrN3OS. The van der Waals surface area contributed by atoms with Gasteiger partial charge in [0.2, 0.25) is 11.7 Å². The van der Waals surface area contributed by atoms with Crippen LogP contribution >= 0.6 is 27.3 Å². The van der Waals surface area contributed by atoms with E-state index in [-0.39, 0.29) is 0 Å². The third-order valence-electron chi connectivity index (χ3n) is 2.36. The van der Waals surface area contributed by atoms with E-state index in [2.05, 4.69) is 26.1 Å². The highest BCUT2D eigenvalue weighted by Gasteiger charge is 2.10. The first-order valence-corrected chi connectivity index (χ1v) is 7.19. The van der Waals surface area contributed by atoms with Crippen molar-refractivity contribution in [2.75, 3.05) is 6.54 Å². The number of unbranched alkanes of at least 4 members (excludes halogenated alkanes) is 2. The molecule has 0 unspecified atom stereocenters. The minimum atomic E-state index is 0.675. The van der Waals surface area contributed by atoms with E-state index in [1.807, 2.05) is 12.1 Å². The average Bonchev–Trinajstić information content (AvgIpc) is 2.93. The molecule has 0 aliphatic rings. The summed E-state index contributed by atoms with van der Waals surface area (Å²) in [6, 6.07) is 3.97. The van der Waals surface area contributed by atoms with E-state index in [0.717, 1.165) is 40.9 Å². The van der Waals surface area contributed by atoms with Crippen LogP contribution in [0.2, 0.25) is 0 Å². The number of thiophene rings is 1. The lowest BCUT2D eigenvalue weighted by molar-refractivity contribution is 0.374. The van der Waals surface area contributed by atoms with Crippen LogP contribution in [0.15, 0.2) is 20.4 Å². The molecule has 0 amide bonds. The van der Waals surface area contributed by atoms with Crippen LogP contribution in [0.1, 0.15) is 25.2 Å². The summed E-state index contributed by atoms with van der Waals surface area (Å²) in [6.07, 6.45) is 4.05. The van der Waals surface area contributed by atoms with Crippen LogP contribution in [-0.4, -0.2) is 16.7 Å². The second-order valence-electron chi connectivity index (χ2n) is 3.71. The van der Waals surface area contributed by atoms with Crippen molar-refractivity contribution in [1.29, 1.82) is 0 Å². The van der Waals surface area contributed by atoms with Crippen LogP contribution in [0.5, 0.6) is 0 Å². The zero-order chi connectivity index (χ0) is 12.1. The fourth-order valence-electron chi connectivity index (χ4n) is 1.49. The van der Waals surface area contributed by atoms with Gasteiger partial charge >= 0.3 is 0 Å². The number of nitrogens with two attached hydrogens (primary N) is 1. The minimum absolute atomic E-state index is 0.675. The fourth-order valence-corrected chi connectivity index (χ4v) is 2.80. The van der Waals surface area contributed by atoms with Gasteiger partial charge in [0.1, 0.15) is 0 Å².